The lowest BCUT2D eigenvalue weighted by Crippen LogP contribution is -2.21. The number of benzene rings is 2. The van der Waals surface area contributed by atoms with Crippen LogP contribution in [0.25, 0.3) is 22.4 Å². The first-order chi connectivity index (χ1) is 14.8. The summed E-state index contributed by atoms with van der Waals surface area (Å²) in [6, 6.07) is 26.1. The number of rotatable bonds is 3. The molecule has 0 fully saturated rings. The van der Waals surface area contributed by atoms with E-state index in [1.54, 1.807) is 6.20 Å². The van der Waals surface area contributed by atoms with Crippen molar-refractivity contribution in [1.29, 1.82) is 5.26 Å². The number of aromatic nitrogens is 3. The Balaban J connectivity index is 1.62. The molecule has 1 aliphatic heterocycles. The average molecular weight is 391 g/mol. The van der Waals surface area contributed by atoms with Crippen molar-refractivity contribution in [3.8, 4) is 34.3 Å². The SMILES string of the molecule is N#CC1=C(N)Oc2n[nH]c(-c3ccc(-c4ccccc4)cc3)c2C1c1ccccn1. The van der Waals surface area contributed by atoms with Crippen LogP contribution in [0.3, 0.4) is 0 Å². The van der Waals surface area contributed by atoms with Gasteiger partial charge >= 0.3 is 0 Å². The molecule has 6 nitrogen and oxygen atoms in total. The predicted molar refractivity (Wildman–Crippen MR) is 113 cm³/mol. The Bertz CT molecular complexity index is 1270. The summed E-state index contributed by atoms with van der Waals surface area (Å²) < 4.78 is 5.65. The van der Waals surface area contributed by atoms with Crippen molar-refractivity contribution < 1.29 is 4.74 Å². The second-order valence-electron chi connectivity index (χ2n) is 6.94. The topological polar surface area (TPSA) is 101 Å². The third kappa shape index (κ3) is 2.90. The molecule has 0 bridgehead atoms. The number of nitriles is 1. The number of H-pyrrole nitrogens is 1. The van der Waals surface area contributed by atoms with Crippen LogP contribution < -0.4 is 10.5 Å². The number of aromatic amines is 1. The highest BCUT2D eigenvalue weighted by atomic mass is 16.5. The van der Waals surface area contributed by atoms with Crippen LogP contribution in [0.5, 0.6) is 5.88 Å². The maximum absolute atomic E-state index is 9.75. The van der Waals surface area contributed by atoms with Crippen LogP contribution >= 0.6 is 0 Å². The minimum atomic E-state index is -0.456. The van der Waals surface area contributed by atoms with Crippen LogP contribution in [-0.4, -0.2) is 15.2 Å². The highest BCUT2D eigenvalue weighted by Gasteiger charge is 2.36. The molecule has 0 radical (unpaired) electrons. The molecule has 1 aliphatic rings. The van der Waals surface area contributed by atoms with Gasteiger partial charge in [0, 0.05) is 11.8 Å². The fourth-order valence-electron chi connectivity index (χ4n) is 3.77. The van der Waals surface area contributed by atoms with Gasteiger partial charge in [-0.15, -0.1) is 5.10 Å². The molecule has 3 N–H and O–H groups in total. The summed E-state index contributed by atoms with van der Waals surface area (Å²) in [4.78, 5) is 4.46. The van der Waals surface area contributed by atoms with Gasteiger partial charge in [0.25, 0.3) is 0 Å². The van der Waals surface area contributed by atoms with Crippen LogP contribution in [0, 0.1) is 11.3 Å². The quantitative estimate of drug-likeness (QED) is 0.540. The third-order valence-electron chi connectivity index (χ3n) is 5.20. The third-order valence-corrected chi connectivity index (χ3v) is 5.20. The minimum Gasteiger partial charge on any atom is -0.420 e. The summed E-state index contributed by atoms with van der Waals surface area (Å²) in [5.74, 6) is -0.0371. The van der Waals surface area contributed by atoms with Gasteiger partial charge in [0.2, 0.25) is 11.8 Å². The van der Waals surface area contributed by atoms with E-state index >= 15 is 0 Å². The Labute approximate surface area is 173 Å². The van der Waals surface area contributed by atoms with Gasteiger partial charge in [0.05, 0.1) is 22.9 Å². The first-order valence-corrected chi connectivity index (χ1v) is 9.49. The molecular formula is C24H17N5O. The maximum atomic E-state index is 9.75. The molecule has 0 spiro atoms. The second-order valence-corrected chi connectivity index (χ2v) is 6.94. The van der Waals surface area contributed by atoms with Gasteiger partial charge in [0.15, 0.2) is 0 Å². The summed E-state index contributed by atoms with van der Waals surface area (Å²) in [5, 5.41) is 17.1. The van der Waals surface area contributed by atoms with Gasteiger partial charge in [0.1, 0.15) is 11.6 Å². The Morgan fingerprint density at radius 1 is 0.900 bits per heavy atom. The molecule has 144 valence electrons. The zero-order chi connectivity index (χ0) is 20.5. The van der Waals surface area contributed by atoms with E-state index in [9.17, 15) is 5.26 Å². The van der Waals surface area contributed by atoms with E-state index in [1.165, 1.54) is 0 Å². The molecule has 1 unspecified atom stereocenters. The van der Waals surface area contributed by atoms with E-state index in [0.717, 1.165) is 27.9 Å². The Morgan fingerprint density at radius 2 is 1.60 bits per heavy atom. The lowest BCUT2D eigenvalue weighted by Gasteiger charge is -2.23. The van der Waals surface area contributed by atoms with Crippen LogP contribution in [0.4, 0.5) is 0 Å². The molecule has 6 heteroatoms. The lowest BCUT2D eigenvalue weighted by atomic mass is 9.85. The highest BCUT2D eigenvalue weighted by Crippen LogP contribution is 2.45. The lowest BCUT2D eigenvalue weighted by molar-refractivity contribution is 0.378. The first-order valence-electron chi connectivity index (χ1n) is 9.49. The molecule has 3 heterocycles. The van der Waals surface area contributed by atoms with Crippen molar-refractivity contribution in [2.75, 3.05) is 0 Å². The van der Waals surface area contributed by atoms with Gasteiger partial charge in [-0.2, -0.15) is 5.26 Å². The van der Waals surface area contributed by atoms with Crippen molar-refractivity contribution in [2.24, 2.45) is 5.73 Å². The van der Waals surface area contributed by atoms with Gasteiger partial charge in [-0.25, -0.2) is 0 Å². The summed E-state index contributed by atoms with van der Waals surface area (Å²) >= 11 is 0. The maximum Gasteiger partial charge on any atom is 0.244 e. The average Bonchev–Trinajstić information content (AvgIpc) is 3.22. The predicted octanol–water partition coefficient (Wildman–Crippen LogP) is 4.36. The molecule has 0 saturated heterocycles. The van der Waals surface area contributed by atoms with Gasteiger partial charge in [-0.05, 0) is 23.3 Å². The Kier molecular flexibility index (Phi) is 4.26. The molecule has 1 atom stereocenters. The molecule has 2 aromatic heterocycles. The number of allylic oxidation sites excluding steroid dienone is 1. The molecule has 5 rings (SSSR count). The summed E-state index contributed by atoms with van der Waals surface area (Å²) in [7, 11) is 0. The molecule has 0 saturated carbocycles. The van der Waals surface area contributed by atoms with E-state index in [1.807, 2.05) is 48.5 Å². The van der Waals surface area contributed by atoms with Crippen LogP contribution in [0.1, 0.15) is 17.2 Å². The van der Waals surface area contributed by atoms with Gasteiger partial charge in [-0.3, -0.25) is 10.1 Å². The zero-order valence-electron chi connectivity index (χ0n) is 15.9. The number of pyridine rings is 1. The highest BCUT2D eigenvalue weighted by molar-refractivity contribution is 5.73. The fourth-order valence-corrected chi connectivity index (χ4v) is 3.77. The number of nitrogens with zero attached hydrogens (tertiary/aromatic N) is 3. The van der Waals surface area contributed by atoms with Crippen molar-refractivity contribution in [2.45, 2.75) is 5.92 Å². The number of fused-ring (bicyclic) bond motifs is 1. The minimum absolute atomic E-state index is 0.0538. The van der Waals surface area contributed by atoms with E-state index in [-0.39, 0.29) is 5.88 Å². The van der Waals surface area contributed by atoms with Crippen molar-refractivity contribution >= 4 is 0 Å². The number of nitrogens with one attached hydrogen (secondary N) is 1. The number of hydrogen-bond acceptors (Lipinski definition) is 5. The van der Waals surface area contributed by atoms with Crippen molar-refractivity contribution in [3.05, 3.63) is 102 Å². The van der Waals surface area contributed by atoms with Crippen LogP contribution in [0.2, 0.25) is 0 Å². The van der Waals surface area contributed by atoms with Crippen molar-refractivity contribution in [1.82, 2.24) is 15.2 Å². The number of hydrogen-bond donors (Lipinski definition) is 2. The van der Waals surface area contributed by atoms with Crippen molar-refractivity contribution in [3.63, 3.8) is 0 Å². The normalized spacial score (nSPS) is 15.2. The monoisotopic (exact) mass is 391 g/mol. The molecule has 30 heavy (non-hydrogen) atoms. The summed E-state index contributed by atoms with van der Waals surface area (Å²) in [6.07, 6.45) is 1.70. The van der Waals surface area contributed by atoms with Gasteiger partial charge < -0.3 is 10.5 Å². The fraction of sp³-hybridized carbons (Fsp3) is 0.0417. The summed E-state index contributed by atoms with van der Waals surface area (Å²) in [6.45, 7) is 0. The van der Waals surface area contributed by atoms with Gasteiger partial charge in [-0.1, -0.05) is 60.7 Å². The van der Waals surface area contributed by atoms with Crippen LogP contribution in [0.15, 0.2) is 90.4 Å². The summed E-state index contributed by atoms with van der Waals surface area (Å²) in [5.41, 5.74) is 11.8. The molecule has 4 aromatic rings. The molecular weight excluding hydrogens is 374 g/mol. The Morgan fingerprint density at radius 3 is 2.30 bits per heavy atom. The van der Waals surface area contributed by atoms with E-state index in [4.69, 9.17) is 10.5 Å². The van der Waals surface area contributed by atoms with E-state index in [2.05, 4.69) is 45.5 Å². The zero-order valence-corrected chi connectivity index (χ0v) is 15.9. The number of nitrogens with two attached hydrogens (primary N) is 1. The first kappa shape index (κ1) is 17.7. The number of ether oxygens (including phenoxy) is 1. The van der Waals surface area contributed by atoms with E-state index < -0.39 is 5.92 Å². The standard InChI is InChI=1S/C24H17N5O/c25-14-18-20(19-8-4-5-13-27-19)21-22(28-29-24(21)30-23(18)26)17-11-9-16(10-12-17)15-6-2-1-3-7-15/h1-13,20H,26H2,(H,28,29). The molecule has 2 aromatic carbocycles. The molecule has 0 amide bonds. The molecule has 0 aliphatic carbocycles. The van der Waals surface area contributed by atoms with Crippen LogP contribution in [-0.2, 0) is 0 Å². The second kappa shape index (κ2) is 7.22. The van der Waals surface area contributed by atoms with E-state index in [0.29, 0.717) is 17.1 Å². The smallest absolute Gasteiger partial charge is 0.244 e. The Hall–Kier alpha value is -4.37. The largest absolute Gasteiger partial charge is 0.420 e.